The lowest BCUT2D eigenvalue weighted by molar-refractivity contribution is -0.111. The predicted molar refractivity (Wildman–Crippen MR) is 125 cm³/mol. The number of benzene rings is 2. The highest BCUT2D eigenvalue weighted by molar-refractivity contribution is 6.02. The van der Waals surface area contributed by atoms with E-state index in [1.807, 2.05) is 38.1 Å². The van der Waals surface area contributed by atoms with Crippen LogP contribution < -0.4 is 19.5 Å². The first kappa shape index (κ1) is 21.2. The van der Waals surface area contributed by atoms with E-state index >= 15 is 0 Å². The highest BCUT2D eigenvalue weighted by Crippen LogP contribution is 2.32. The van der Waals surface area contributed by atoms with Crippen molar-refractivity contribution in [1.29, 1.82) is 0 Å². The minimum atomic E-state index is -0.253. The van der Waals surface area contributed by atoms with E-state index in [1.54, 1.807) is 41.1 Å². The van der Waals surface area contributed by atoms with Gasteiger partial charge in [0.2, 0.25) is 18.6 Å². The molecule has 0 radical (unpaired) electrons. The molecule has 9 nitrogen and oxygen atoms in total. The van der Waals surface area contributed by atoms with Gasteiger partial charge < -0.3 is 19.5 Å². The Kier molecular flexibility index (Phi) is 5.65. The Morgan fingerprint density at radius 1 is 1.03 bits per heavy atom. The zero-order chi connectivity index (χ0) is 23.5. The van der Waals surface area contributed by atoms with Crippen molar-refractivity contribution in [2.24, 2.45) is 0 Å². The molecule has 2 aromatic heterocycles. The van der Waals surface area contributed by atoms with Crippen LogP contribution in [0, 0.1) is 13.8 Å². The van der Waals surface area contributed by atoms with E-state index < -0.39 is 0 Å². The molecule has 0 bridgehead atoms. The van der Waals surface area contributed by atoms with Gasteiger partial charge >= 0.3 is 0 Å². The van der Waals surface area contributed by atoms with E-state index in [1.165, 1.54) is 12.4 Å². The SMILES string of the molecule is Cc1cc(C)n(-c2cc(Oc3ccc(NC(=O)/C=C/c4ccc5c(c4)OCO5)cc3)ncn2)n1. The zero-order valence-electron chi connectivity index (χ0n) is 18.6. The first-order valence-electron chi connectivity index (χ1n) is 10.6. The third-order valence-electron chi connectivity index (χ3n) is 5.02. The van der Waals surface area contributed by atoms with Crippen LogP contribution in [0.5, 0.6) is 23.1 Å². The number of aromatic nitrogens is 4. The van der Waals surface area contributed by atoms with Crippen LogP contribution in [0.4, 0.5) is 5.69 Å². The maximum Gasteiger partial charge on any atom is 0.248 e. The summed E-state index contributed by atoms with van der Waals surface area (Å²) in [5.41, 5.74) is 3.35. The number of aryl methyl sites for hydroxylation is 2. The second kappa shape index (κ2) is 9.07. The summed E-state index contributed by atoms with van der Waals surface area (Å²) in [6.07, 6.45) is 4.61. The third-order valence-corrected chi connectivity index (χ3v) is 5.02. The van der Waals surface area contributed by atoms with Crippen LogP contribution >= 0.6 is 0 Å². The van der Waals surface area contributed by atoms with E-state index in [4.69, 9.17) is 14.2 Å². The van der Waals surface area contributed by atoms with Gasteiger partial charge in [-0.1, -0.05) is 6.07 Å². The molecule has 0 atom stereocenters. The average Bonchev–Trinajstić information content (AvgIpc) is 3.44. The molecule has 0 saturated heterocycles. The number of hydrogen-bond acceptors (Lipinski definition) is 7. The summed E-state index contributed by atoms with van der Waals surface area (Å²) in [7, 11) is 0. The van der Waals surface area contributed by atoms with E-state index in [0.29, 0.717) is 34.6 Å². The quantitative estimate of drug-likeness (QED) is 0.429. The minimum Gasteiger partial charge on any atom is -0.454 e. The Morgan fingerprint density at radius 2 is 1.85 bits per heavy atom. The van der Waals surface area contributed by atoms with Gasteiger partial charge in [0.15, 0.2) is 17.3 Å². The van der Waals surface area contributed by atoms with Gasteiger partial charge in [-0.05, 0) is 68.0 Å². The molecular weight excluding hydrogens is 434 g/mol. The molecule has 34 heavy (non-hydrogen) atoms. The fraction of sp³-hybridized carbons (Fsp3) is 0.120. The first-order chi connectivity index (χ1) is 16.5. The molecule has 170 valence electrons. The molecule has 1 aliphatic rings. The summed E-state index contributed by atoms with van der Waals surface area (Å²) in [6, 6.07) is 16.2. The molecule has 0 spiro atoms. The van der Waals surface area contributed by atoms with Crippen molar-refractivity contribution in [2.45, 2.75) is 13.8 Å². The molecule has 5 rings (SSSR count). The number of ether oxygens (including phenoxy) is 3. The summed E-state index contributed by atoms with van der Waals surface area (Å²) in [5.74, 6) is 2.70. The maximum absolute atomic E-state index is 12.3. The van der Waals surface area contributed by atoms with Crippen molar-refractivity contribution in [1.82, 2.24) is 19.7 Å². The lowest BCUT2D eigenvalue weighted by atomic mass is 10.2. The van der Waals surface area contributed by atoms with E-state index in [-0.39, 0.29) is 12.7 Å². The first-order valence-corrected chi connectivity index (χ1v) is 10.6. The topological polar surface area (TPSA) is 100 Å². The summed E-state index contributed by atoms with van der Waals surface area (Å²) in [6.45, 7) is 4.10. The van der Waals surface area contributed by atoms with Gasteiger partial charge in [0.05, 0.1) is 5.69 Å². The number of carbonyl (C=O) groups is 1. The lowest BCUT2D eigenvalue weighted by Gasteiger charge is -2.08. The molecule has 0 aliphatic carbocycles. The molecule has 3 heterocycles. The Labute approximate surface area is 195 Å². The fourth-order valence-electron chi connectivity index (χ4n) is 3.46. The number of anilines is 1. The molecule has 9 heteroatoms. The molecule has 0 fully saturated rings. The van der Waals surface area contributed by atoms with Crippen molar-refractivity contribution >= 4 is 17.7 Å². The molecule has 1 N–H and O–H groups in total. The monoisotopic (exact) mass is 455 g/mol. The van der Waals surface area contributed by atoms with Gasteiger partial charge in [-0.15, -0.1) is 0 Å². The van der Waals surface area contributed by atoms with Gasteiger partial charge in [-0.3, -0.25) is 4.79 Å². The Hall–Kier alpha value is -4.66. The third kappa shape index (κ3) is 4.73. The van der Waals surface area contributed by atoms with Crippen LogP contribution in [0.2, 0.25) is 0 Å². The maximum atomic E-state index is 12.3. The second-order valence-corrected chi connectivity index (χ2v) is 7.62. The number of amides is 1. The van der Waals surface area contributed by atoms with Crippen LogP contribution in [-0.2, 0) is 4.79 Å². The number of hydrogen-bond donors (Lipinski definition) is 1. The summed E-state index contributed by atoms with van der Waals surface area (Å²) < 4.78 is 18.2. The van der Waals surface area contributed by atoms with Gasteiger partial charge in [0.1, 0.15) is 12.1 Å². The standard InChI is InChI=1S/C25H21N5O4/c1-16-11-17(2)30(29-16)23-13-25(27-14-26-23)34-20-7-5-19(6-8-20)28-24(31)10-4-18-3-9-21-22(12-18)33-15-32-21/h3-14H,15H2,1-2H3,(H,28,31)/b10-4+. The lowest BCUT2D eigenvalue weighted by Crippen LogP contribution is -2.07. The van der Waals surface area contributed by atoms with Gasteiger partial charge in [0, 0.05) is 23.5 Å². The van der Waals surface area contributed by atoms with Crippen molar-refractivity contribution in [3.05, 3.63) is 84.0 Å². The summed E-state index contributed by atoms with van der Waals surface area (Å²) in [5, 5.41) is 7.25. The smallest absolute Gasteiger partial charge is 0.248 e. The van der Waals surface area contributed by atoms with Crippen molar-refractivity contribution in [3.8, 4) is 28.9 Å². The largest absolute Gasteiger partial charge is 0.454 e. The summed E-state index contributed by atoms with van der Waals surface area (Å²) in [4.78, 5) is 20.7. The molecule has 1 aliphatic heterocycles. The minimum absolute atomic E-state index is 0.213. The van der Waals surface area contributed by atoms with Gasteiger partial charge in [-0.2, -0.15) is 5.10 Å². The van der Waals surface area contributed by atoms with Gasteiger partial charge in [-0.25, -0.2) is 14.6 Å². The second-order valence-electron chi connectivity index (χ2n) is 7.62. The van der Waals surface area contributed by atoms with Crippen molar-refractivity contribution in [3.63, 3.8) is 0 Å². The van der Waals surface area contributed by atoms with Gasteiger partial charge in [0.25, 0.3) is 0 Å². The number of nitrogens with one attached hydrogen (secondary N) is 1. The predicted octanol–water partition coefficient (Wildman–Crippen LogP) is 4.45. The van der Waals surface area contributed by atoms with E-state index in [9.17, 15) is 4.79 Å². The number of fused-ring (bicyclic) bond motifs is 1. The molecular formula is C25H21N5O4. The van der Waals surface area contributed by atoms with Crippen molar-refractivity contribution in [2.75, 3.05) is 12.1 Å². The van der Waals surface area contributed by atoms with E-state index in [2.05, 4.69) is 20.4 Å². The average molecular weight is 455 g/mol. The van der Waals surface area contributed by atoms with Crippen LogP contribution in [0.3, 0.4) is 0 Å². The zero-order valence-corrected chi connectivity index (χ0v) is 18.6. The fourth-order valence-corrected chi connectivity index (χ4v) is 3.46. The van der Waals surface area contributed by atoms with E-state index in [0.717, 1.165) is 17.0 Å². The molecule has 4 aromatic rings. The van der Waals surface area contributed by atoms with Crippen molar-refractivity contribution < 1.29 is 19.0 Å². The Morgan fingerprint density at radius 3 is 2.65 bits per heavy atom. The van der Waals surface area contributed by atoms with Crippen LogP contribution in [0.15, 0.2) is 67.0 Å². The normalized spacial score (nSPS) is 12.2. The molecule has 2 aromatic carbocycles. The molecule has 0 saturated carbocycles. The van der Waals surface area contributed by atoms with Crippen LogP contribution in [0.1, 0.15) is 17.0 Å². The number of rotatable bonds is 6. The molecule has 0 unspecified atom stereocenters. The van der Waals surface area contributed by atoms with Crippen LogP contribution in [0.25, 0.3) is 11.9 Å². The highest BCUT2D eigenvalue weighted by atomic mass is 16.7. The Bertz CT molecular complexity index is 1380. The number of nitrogens with zero attached hydrogens (tertiary/aromatic N) is 4. The highest BCUT2D eigenvalue weighted by Gasteiger charge is 2.12. The van der Waals surface area contributed by atoms with Crippen LogP contribution in [-0.4, -0.2) is 32.4 Å². The summed E-state index contributed by atoms with van der Waals surface area (Å²) >= 11 is 0. The number of carbonyl (C=O) groups excluding carboxylic acids is 1. The molecule has 1 amide bonds. The Balaban J connectivity index is 1.21.